The van der Waals surface area contributed by atoms with Gasteiger partial charge >= 0.3 is 5.97 Å². The molecule has 1 heterocycles. The van der Waals surface area contributed by atoms with Gasteiger partial charge in [-0.3, -0.25) is 9.78 Å². The zero-order valence-electron chi connectivity index (χ0n) is 11.1. The van der Waals surface area contributed by atoms with E-state index in [1.807, 2.05) is 0 Å². The molecular formula is C14H14N2O4. The largest absolute Gasteiger partial charge is 0.506 e. The third-order valence-corrected chi connectivity index (χ3v) is 2.82. The molecule has 0 aliphatic carbocycles. The van der Waals surface area contributed by atoms with Crippen LogP contribution in [0, 0.1) is 0 Å². The number of esters is 1. The first-order chi connectivity index (χ1) is 9.58. The summed E-state index contributed by atoms with van der Waals surface area (Å²) in [5, 5.41) is 13.0. The van der Waals surface area contributed by atoms with Gasteiger partial charge in [-0.05, 0) is 25.1 Å². The highest BCUT2D eigenvalue weighted by molar-refractivity contribution is 6.03. The first-order valence-electron chi connectivity index (χ1n) is 6.09. The number of carbonyl (C=O) groups excluding carboxylic acids is 2. The number of benzene rings is 1. The minimum Gasteiger partial charge on any atom is -0.506 e. The van der Waals surface area contributed by atoms with Crippen LogP contribution >= 0.6 is 0 Å². The van der Waals surface area contributed by atoms with E-state index in [0.29, 0.717) is 16.5 Å². The van der Waals surface area contributed by atoms with Gasteiger partial charge in [-0.1, -0.05) is 0 Å². The van der Waals surface area contributed by atoms with Crippen molar-refractivity contribution >= 4 is 22.8 Å². The molecule has 1 aromatic carbocycles. The van der Waals surface area contributed by atoms with Gasteiger partial charge in [0.1, 0.15) is 11.3 Å². The predicted molar refractivity (Wildman–Crippen MR) is 72.8 cm³/mol. The Balaban J connectivity index is 2.58. The smallest absolute Gasteiger partial charge is 0.343 e. The molecule has 2 aromatic rings. The lowest BCUT2D eigenvalue weighted by atomic mass is 10.1. The number of ether oxygens (including phenoxy) is 1. The summed E-state index contributed by atoms with van der Waals surface area (Å²) in [6.07, 6.45) is 1.26. The van der Waals surface area contributed by atoms with Crippen molar-refractivity contribution in [3.05, 3.63) is 35.5 Å². The van der Waals surface area contributed by atoms with Gasteiger partial charge in [-0.15, -0.1) is 0 Å². The monoisotopic (exact) mass is 274 g/mol. The molecule has 0 fully saturated rings. The molecule has 0 radical (unpaired) electrons. The van der Waals surface area contributed by atoms with Crippen molar-refractivity contribution in [2.45, 2.75) is 6.92 Å². The van der Waals surface area contributed by atoms with Crippen molar-refractivity contribution in [1.29, 1.82) is 0 Å². The summed E-state index contributed by atoms with van der Waals surface area (Å²) in [7, 11) is 1.51. The summed E-state index contributed by atoms with van der Waals surface area (Å²) in [5.41, 5.74) is 0.842. The number of pyridine rings is 1. The van der Waals surface area contributed by atoms with Gasteiger partial charge in [0.25, 0.3) is 5.91 Å². The number of hydrogen-bond donors (Lipinski definition) is 2. The molecule has 1 aromatic heterocycles. The fourth-order valence-corrected chi connectivity index (χ4v) is 1.82. The van der Waals surface area contributed by atoms with Gasteiger partial charge < -0.3 is 15.2 Å². The molecule has 2 rings (SSSR count). The second kappa shape index (κ2) is 5.56. The van der Waals surface area contributed by atoms with E-state index in [1.54, 1.807) is 19.1 Å². The molecule has 0 unspecified atom stereocenters. The quantitative estimate of drug-likeness (QED) is 0.827. The summed E-state index contributed by atoms with van der Waals surface area (Å²) in [6.45, 7) is 1.88. The Kier molecular flexibility index (Phi) is 3.84. The van der Waals surface area contributed by atoms with Crippen LogP contribution in [-0.2, 0) is 4.74 Å². The number of amides is 1. The van der Waals surface area contributed by atoms with Crippen LogP contribution in [0.15, 0.2) is 24.4 Å². The normalized spacial score (nSPS) is 10.3. The zero-order chi connectivity index (χ0) is 14.7. The van der Waals surface area contributed by atoms with Crippen molar-refractivity contribution in [2.24, 2.45) is 0 Å². The highest BCUT2D eigenvalue weighted by Crippen LogP contribution is 2.28. The number of nitrogens with zero attached hydrogens (tertiary/aromatic N) is 1. The van der Waals surface area contributed by atoms with E-state index in [2.05, 4.69) is 10.3 Å². The van der Waals surface area contributed by atoms with Crippen molar-refractivity contribution in [3.8, 4) is 5.75 Å². The molecule has 104 valence electrons. The van der Waals surface area contributed by atoms with Crippen LogP contribution in [0.1, 0.15) is 27.6 Å². The first-order valence-corrected chi connectivity index (χ1v) is 6.09. The second-order valence-electron chi connectivity index (χ2n) is 4.05. The maximum absolute atomic E-state index is 11.7. The van der Waals surface area contributed by atoms with Gasteiger partial charge in [-0.25, -0.2) is 4.79 Å². The lowest BCUT2D eigenvalue weighted by Crippen LogP contribution is -2.17. The van der Waals surface area contributed by atoms with Gasteiger partial charge in [0.2, 0.25) is 0 Å². The highest BCUT2D eigenvalue weighted by atomic mass is 16.5. The molecule has 0 saturated carbocycles. The van der Waals surface area contributed by atoms with Gasteiger partial charge in [0, 0.05) is 24.2 Å². The van der Waals surface area contributed by atoms with Gasteiger partial charge in [0.05, 0.1) is 12.1 Å². The van der Waals surface area contributed by atoms with E-state index in [1.165, 1.54) is 19.3 Å². The van der Waals surface area contributed by atoms with Crippen molar-refractivity contribution in [1.82, 2.24) is 10.3 Å². The summed E-state index contributed by atoms with van der Waals surface area (Å²) in [6, 6.07) is 4.69. The van der Waals surface area contributed by atoms with Crippen LogP contribution in [0.5, 0.6) is 5.75 Å². The summed E-state index contributed by atoms with van der Waals surface area (Å²) >= 11 is 0. The topological polar surface area (TPSA) is 88.5 Å². The molecule has 0 aliphatic heterocycles. The molecule has 0 aliphatic rings. The van der Waals surface area contributed by atoms with Crippen LogP contribution < -0.4 is 5.32 Å². The molecule has 0 bridgehead atoms. The van der Waals surface area contributed by atoms with Crippen LogP contribution in [-0.4, -0.2) is 35.6 Å². The second-order valence-corrected chi connectivity index (χ2v) is 4.05. The molecule has 20 heavy (non-hydrogen) atoms. The first kappa shape index (κ1) is 13.8. The average molecular weight is 274 g/mol. The lowest BCUT2D eigenvalue weighted by molar-refractivity contribution is 0.0523. The fourth-order valence-electron chi connectivity index (χ4n) is 1.82. The Bertz CT molecular complexity index is 682. The van der Waals surface area contributed by atoms with Crippen molar-refractivity contribution in [3.63, 3.8) is 0 Å². The number of nitrogens with one attached hydrogen (secondary N) is 1. The number of hydrogen-bond acceptors (Lipinski definition) is 5. The fraction of sp³-hybridized carbons (Fsp3) is 0.214. The maximum Gasteiger partial charge on any atom is 0.343 e. The number of aromatic hydroxyl groups is 1. The summed E-state index contributed by atoms with van der Waals surface area (Å²) in [5.74, 6) is -1.17. The Labute approximate surface area is 115 Å². The predicted octanol–water partition coefficient (Wildman–Crippen LogP) is 1.48. The van der Waals surface area contributed by atoms with E-state index >= 15 is 0 Å². The molecule has 6 heteroatoms. The summed E-state index contributed by atoms with van der Waals surface area (Å²) < 4.78 is 4.84. The molecule has 0 spiro atoms. The third kappa shape index (κ3) is 2.40. The third-order valence-electron chi connectivity index (χ3n) is 2.82. The Morgan fingerprint density at radius 1 is 1.40 bits per heavy atom. The Morgan fingerprint density at radius 3 is 2.80 bits per heavy atom. The van der Waals surface area contributed by atoms with Crippen LogP contribution in [0.25, 0.3) is 10.9 Å². The average Bonchev–Trinajstić information content (AvgIpc) is 2.46. The van der Waals surface area contributed by atoms with E-state index in [0.717, 1.165) is 0 Å². The van der Waals surface area contributed by atoms with E-state index < -0.39 is 5.97 Å². The van der Waals surface area contributed by atoms with Crippen LogP contribution in [0.3, 0.4) is 0 Å². The van der Waals surface area contributed by atoms with Crippen molar-refractivity contribution in [2.75, 3.05) is 13.7 Å². The van der Waals surface area contributed by atoms with Crippen LogP contribution in [0.2, 0.25) is 0 Å². The van der Waals surface area contributed by atoms with E-state index in [-0.39, 0.29) is 23.8 Å². The van der Waals surface area contributed by atoms with E-state index in [9.17, 15) is 14.7 Å². The van der Waals surface area contributed by atoms with Crippen LogP contribution in [0.4, 0.5) is 0 Å². The minimum atomic E-state index is -0.648. The maximum atomic E-state index is 11.7. The van der Waals surface area contributed by atoms with Crippen molar-refractivity contribution < 1.29 is 19.4 Å². The minimum absolute atomic E-state index is 0.0200. The Morgan fingerprint density at radius 2 is 2.15 bits per heavy atom. The summed E-state index contributed by atoms with van der Waals surface area (Å²) in [4.78, 5) is 27.3. The van der Waals surface area contributed by atoms with E-state index in [4.69, 9.17) is 4.74 Å². The zero-order valence-corrected chi connectivity index (χ0v) is 11.1. The number of aromatic nitrogens is 1. The SMILES string of the molecule is CCOC(=O)c1cnc2ccc(C(=O)NC)cc2c1O. The van der Waals surface area contributed by atoms with Gasteiger partial charge in [0.15, 0.2) is 0 Å². The molecule has 1 amide bonds. The standard InChI is InChI=1S/C14H14N2O4/c1-3-20-14(19)10-7-16-11-5-4-8(13(18)15-2)6-9(11)12(10)17/h4-7H,3H2,1-2H3,(H,15,18)(H,16,17). The number of carbonyl (C=O) groups is 2. The molecule has 2 N–H and O–H groups in total. The molecular weight excluding hydrogens is 260 g/mol. The highest BCUT2D eigenvalue weighted by Gasteiger charge is 2.17. The number of fused-ring (bicyclic) bond motifs is 1. The molecule has 6 nitrogen and oxygen atoms in total. The molecule has 0 saturated heterocycles. The van der Waals surface area contributed by atoms with Gasteiger partial charge in [-0.2, -0.15) is 0 Å². The number of rotatable bonds is 3. The Hall–Kier alpha value is -2.63. The molecule has 0 atom stereocenters. The lowest BCUT2D eigenvalue weighted by Gasteiger charge is -2.08.